The van der Waals surface area contributed by atoms with E-state index in [1.165, 1.54) is 5.56 Å². The van der Waals surface area contributed by atoms with Gasteiger partial charge in [0.2, 0.25) is 0 Å². The molecule has 3 nitrogen and oxygen atoms in total. The summed E-state index contributed by atoms with van der Waals surface area (Å²) in [5.74, 6) is 0.870. The highest BCUT2D eigenvalue weighted by molar-refractivity contribution is 5.43. The normalized spacial score (nSPS) is 9.81. The molecule has 0 spiro atoms. The van der Waals surface area contributed by atoms with Gasteiger partial charge < -0.3 is 4.74 Å². The second-order valence-electron chi connectivity index (χ2n) is 3.95. The molecule has 1 aromatic carbocycles. The largest absolute Gasteiger partial charge is 0.496 e. The third-order valence-electron chi connectivity index (χ3n) is 2.08. The van der Waals surface area contributed by atoms with Crippen LogP contribution in [0.15, 0.2) is 28.2 Å². The Morgan fingerprint density at radius 2 is 2.12 bits per heavy atom. The lowest BCUT2D eigenvalue weighted by Crippen LogP contribution is -1.91. The molecule has 0 bridgehead atoms. The fourth-order valence-electron chi connectivity index (χ4n) is 1.26. The quantitative estimate of drug-likeness (QED) is 0.715. The zero-order valence-electron chi connectivity index (χ0n) is 10.3. The fraction of sp³-hybridized carbons (Fsp3) is 0.462. The molecule has 3 heteroatoms. The molecule has 1 rings (SSSR count). The molecule has 1 aromatic rings. The smallest absolute Gasteiger partial charge is 0.124 e. The summed E-state index contributed by atoms with van der Waals surface area (Å²) in [5, 5.41) is 0. The zero-order valence-corrected chi connectivity index (χ0v) is 10.3. The van der Waals surface area contributed by atoms with E-state index in [-0.39, 0.29) is 6.04 Å². The van der Waals surface area contributed by atoms with Gasteiger partial charge in [0.1, 0.15) is 5.75 Å². The third-order valence-corrected chi connectivity index (χ3v) is 2.08. The number of hydrogen-bond donors (Lipinski definition) is 0. The van der Waals surface area contributed by atoms with Gasteiger partial charge in [0.15, 0.2) is 0 Å². The third kappa shape index (κ3) is 3.87. The summed E-state index contributed by atoms with van der Waals surface area (Å²) in [6, 6.07) is 9.01. The topological polar surface area (TPSA) is 34.0 Å². The highest BCUT2D eigenvalue weighted by Crippen LogP contribution is 2.20. The Labute approximate surface area is 96.9 Å². The Balaban J connectivity index is 2.77. The van der Waals surface area contributed by atoms with Gasteiger partial charge in [-0.1, -0.05) is 12.1 Å². The number of ether oxygens (including phenoxy) is 1. The molecule has 16 heavy (non-hydrogen) atoms. The first-order valence-corrected chi connectivity index (χ1v) is 5.38. The molecule has 0 atom stereocenters. The van der Waals surface area contributed by atoms with Gasteiger partial charge in [0.25, 0.3) is 0 Å². The molecule has 0 radical (unpaired) electrons. The highest BCUT2D eigenvalue weighted by atomic mass is 16.5. The van der Waals surface area contributed by atoms with Crippen molar-refractivity contribution >= 4 is 6.01 Å². The van der Waals surface area contributed by atoms with E-state index in [0.29, 0.717) is 6.54 Å². The Kier molecular flexibility index (Phi) is 4.74. The Morgan fingerprint density at radius 1 is 1.38 bits per heavy atom. The second kappa shape index (κ2) is 6.09. The minimum absolute atomic E-state index is 0.240. The van der Waals surface area contributed by atoms with Crippen LogP contribution in [0.25, 0.3) is 0 Å². The standard InChI is InChI=1S/C13H18N2O/c1-10(2)15-9-14-8-12-6-5-11(3)7-13(12)16-4/h5-7,10H,8H2,1-4H3. The SMILES string of the molecule is COc1cc(C)ccc1CN=C=NC(C)C. The summed E-state index contributed by atoms with van der Waals surface area (Å²) in [4.78, 5) is 8.18. The Morgan fingerprint density at radius 3 is 2.75 bits per heavy atom. The molecular weight excluding hydrogens is 200 g/mol. The second-order valence-corrected chi connectivity index (χ2v) is 3.95. The molecule has 0 aliphatic heterocycles. The summed E-state index contributed by atoms with van der Waals surface area (Å²) in [6.07, 6.45) is 0. The van der Waals surface area contributed by atoms with Crippen molar-refractivity contribution in [1.29, 1.82) is 0 Å². The molecule has 0 saturated heterocycles. The average Bonchev–Trinajstić information content (AvgIpc) is 2.25. The van der Waals surface area contributed by atoms with Crippen molar-refractivity contribution in [2.24, 2.45) is 9.98 Å². The number of hydrogen-bond acceptors (Lipinski definition) is 3. The average molecular weight is 218 g/mol. The van der Waals surface area contributed by atoms with Gasteiger partial charge in [-0.05, 0) is 32.4 Å². The number of methoxy groups -OCH3 is 1. The minimum atomic E-state index is 0.240. The Hall–Kier alpha value is -1.60. The molecule has 0 unspecified atom stereocenters. The maximum absolute atomic E-state index is 5.29. The van der Waals surface area contributed by atoms with Crippen molar-refractivity contribution in [3.63, 3.8) is 0 Å². The number of nitrogens with zero attached hydrogens (tertiary/aromatic N) is 2. The van der Waals surface area contributed by atoms with Gasteiger partial charge in [-0.15, -0.1) is 0 Å². The van der Waals surface area contributed by atoms with E-state index in [2.05, 4.69) is 16.0 Å². The van der Waals surface area contributed by atoms with Crippen LogP contribution in [0.1, 0.15) is 25.0 Å². The molecule has 0 heterocycles. The van der Waals surface area contributed by atoms with Crippen molar-refractivity contribution < 1.29 is 4.74 Å². The van der Waals surface area contributed by atoms with Crippen LogP contribution in [0.3, 0.4) is 0 Å². The summed E-state index contributed by atoms with van der Waals surface area (Å²) < 4.78 is 5.29. The van der Waals surface area contributed by atoms with E-state index in [9.17, 15) is 0 Å². The highest BCUT2D eigenvalue weighted by Gasteiger charge is 2.01. The van der Waals surface area contributed by atoms with Crippen molar-refractivity contribution in [2.45, 2.75) is 33.4 Å². The van der Waals surface area contributed by atoms with Gasteiger partial charge in [-0.25, -0.2) is 9.98 Å². The molecule has 0 aromatic heterocycles. The summed E-state index contributed by atoms with van der Waals surface area (Å²) >= 11 is 0. The van der Waals surface area contributed by atoms with Crippen LogP contribution in [0.2, 0.25) is 0 Å². The Bertz CT molecular complexity index is 404. The van der Waals surface area contributed by atoms with E-state index in [4.69, 9.17) is 4.74 Å². The van der Waals surface area contributed by atoms with E-state index in [1.807, 2.05) is 39.0 Å². The lowest BCUT2D eigenvalue weighted by atomic mass is 10.1. The van der Waals surface area contributed by atoms with Crippen LogP contribution in [0.4, 0.5) is 0 Å². The fourth-order valence-corrected chi connectivity index (χ4v) is 1.26. The zero-order chi connectivity index (χ0) is 12.0. The van der Waals surface area contributed by atoms with Gasteiger partial charge >= 0.3 is 0 Å². The maximum Gasteiger partial charge on any atom is 0.124 e. The first-order valence-electron chi connectivity index (χ1n) is 5.38. The van der Waals surface area contributed by atoms with Gasteiger partial charge in [-0.3, -0.25) is 0 Å². The van der Waals surface area contributed by atoms with Crippen LogP contribution in [0, 0.1) is 6.92 Å². The van der Waals surface area contributed by atoms with Crippen molar-refractivity contribution in [3.8, 4) is 5.75 Å². The van der Waals surface area contributed by atoms with E-state index in [1.54, 1.807) is 7.11 Å². The number of aliphatic imine (C=N–C) groups is 2. The van der Waals surface area contributed by atoms with E-state index < -0.39 is 0 Å². The van der Waals surface area contributed by atoms with Crippen LogP contribution < -0.4 is 4.74 Å². The monoisotopic (exact) mass is 218 g/mol. The van der Waals surface area contributed by atoms with Crippen LogP contribution in [0.5, 0.6) is 5.75 Å². The first kappa shape index (κ1) is 12.5. The van der Waals surface area contributed by atoms with E-state index >= 15 is 0 Å². The van der Waals surface area contributed by atoms with Crippen LogP contribution >= 0.6 is 0 Å². The number of rotatable bonds is 4. The van der Waals surface area contributed by atoms with Crippen LogP contribution in [-0.2, 0) is 6.54 Å². The summed E-state index contributed by atoms with van der Waals surface area (Å²) in [5.41, 5.74) is 2.24. The lowest BCUT2D eigenvalue weighted by Gasteiger charge is -2.06. The molecule has 0 amide bonds. The molecule has 0 aliphatic rings. The summed E-state index contributed by atoms with van der Waals surface area (Å²) in [6.45, 7) is 6.58. The first-order chi connectivity index (χ1) is 7.63. The van der Waals surface area contributed by atoms with Gasteiger partial charge in [-0.2, -0.15) is 0 Å². The molecule has 0 N–H and O–H groups in total. The summed E-state index contributed by atoms with van der Waals surface area (Å²) in [7, 11) is 1.67. The van der Waals surface area contributed by atoms with Crippen molar-refractivity contribution in [2.75, 3.05) is 7.11 Å². The molecular formula is C13H18N2O. The number of aryl methyl sites for hydroxylation is 1. The van der Waals surface area contributed by atoms with Crippen molar-refractivity contribution in [3.05, 3.63) is 29.3 Å². The minimum Gasteiger partial charge on any atom is -0.496 e. The molecule has 0 aliphatic carbocycles. The number of benzene rings is 1. The van der Waals surface area contributed by atoms with Crippen LogP contribution in [-0.4, -0.2) is 19.2 Å². The van der Waals surface area contributed by atoms with E-state index in [0.717, 1.165) is 11.3 Å². The predicted octanol–water partition coefficient (Wildman–Crippen LogP) is 3.09. The van der Waals surface area contributed by atoms with Gasteiger partial charge in [0.05, 0.1) is 25.7 Å². The molecule has 0 fully saturated rings. The van der Waals surface area contributed by atoms with Crippen molar-refractivity contribution in [1.82, 2.24) is 0 Å². The maximum atomic E-state index is 5.29. The van der Waals surface area contributed by atoms with Gasteiger partial charge in [0, 0.05) is 5.56 Å². The predicted molar refractivity (Wildman–Crippen MR) is 66.4 cm³/mol. The molecule has 0 saturated carbocycles. The lowest BCUT2D eigenvalue weighted by molar-refractivity contribution is 0.409. The molecule has 86 valence electrons.